The van der Waals surface area contributed by atoms with E-state index < -0.39 is 0 Å². The van der Waals surface area contributed by atoms with E-state index in [0.29, 0.717) is 23.5 Å². The molecule has 1 amide bonds. The topological polar surface area (TPSA) is 35.6 Å². The number of anilines is 2. The van der Waals surface area contributed by atoms with Gasteiger partial charge in [0.1, 0.15) is 0 Å². The number of halogens is 3. The fourth-order valence-corrected chi connectivity index (χ4v) is 5.96. The molecule has 4 nitrogen and oxygen atoms in total. The van der Waals surface area contributed by atoms with E-state index in [4.69, 9.17) is 11.6 Å². The Hall–Kier alpha value is -0.950. The molecule has 0 spiro atoms. The summed E-state index contributed by atoms with van der Waals surface area (Å²) in [7, 11) is 0. The second kappa shape index (κ2) is 10.1. The van der Waals surface area contributed by atoms with E-state index in [-0.39, 0.29) is 30.7 Å². The van der Waals surface area contributed by atoms with Crippen LogP contribution in [0.25, 0.3) is 0 Å². The average molecular weight is 487 g/mol. The molecule has 2 saturated heterocycles. The van der Waals surface area contributed by atoms with Crippen LogP contribution in [0.1, 0.15) is 25.7 Å². The van der Waals surface area contributed by atoms with Crippen LogP contribution < -0.4 is 10.2 Å². The molecule has 2 unspecified atom stereocenters. The summed E-state index contributed by atoms with van der Waals surface area (Å²) >= 11 is 7.97. The SMILES string of the molecule is Cl.Cl.O=C(CCC1CNCC2CCCN21)N1c2ccccc2Sc2ccc(Cl)cc21. The Balaban J connectivity index is 0.00000128. The Kier molecular flexibility index (Phi) is 7.99. The van der Waals surface area contributed by atoms with Crippen LogP contribution in [-0.2, 0) is 4.79 Å². The van der Waals surface area contributed by atoms with Gasteiger partial charge in [-0.1, -0.05) is 35.5 Å². The number of fused-ring (bicyclic) bond motifs is 3. The van der Waals surface area contributed by atoms with Gasteiger partial charge < -0.3 is 5.32 Å². The smallest absolute Gasteiger partial charge is 0.231 e. The first kappa shape index (κ1) is 23.7. The summed E-state index contributed by atoms with van der Waals surface area (Å²) < 4.78 is 0. The van der Waals surface area contributed by atoms with Gasteiger partial charge in [0, 0.05) is 46.4 Å². The van der Waals surface area contributed by atoms with Crippen molar-refractivity contribution < 1.29 is 4.79 Å². The number of carbonyl (C=O) groups excluding carboxylic acids is 1. The lowest BCUT2D eigenvalue weighted by atomic mass is 10.0. The van der Waals surface area contributed by atoms with Gasteiger partial charge in [-0.3, -0.25) is 14.6 Å². The van der Waals surface area contributed by atoms with Crippen molar-refractivity contribution in [1.29, 1.82) is 0 Å². The highest BCUT2D eigenvalue weighted by Gasteiger charge is 2.35. The Labute approximate surface area is 199 Å². The molecular formula is C22H26Cl3N3OS. The summed E-state index contributed by atoms with van der Waals surface area (Å²) in [5.41, 5.74) is 1.87. The van der Waals surface area contributed by atoms with E-state index >= 15 is 0 Å². The number of piperazine rings is 1. The second-order valence-electron chi connectivity index (χ2n) is 7.80. The molecule has 5 rings (SSSR count). The van der Waals surface area contributed by atoms with Crippen molar-refractivity contribution in [3.05, 3.63) is 47.5 Å². The van der Waals surface area contributed by atoms with Crippen LogP contribution in [-0.4, -0.2) is 42.5 Å². The van der Waals surface area contributed by atoms with Gasteiger partial charge in [-0.25, -0.2) is 0 Å². The summed E-state index contributed by atoms with van der Waals surface area (Å²) in [4.78, 5) is 20.1. The van der Waals surface area contributed by atoms with Crippen molar-refractivity contribution in [3.8, 4) is 0 Å². The monoisotopic (exact) mass is 485 g/mol. The molecule has 30 heavy (non-hydrogen) atoms. The third kappa shape index (κ3) is 4.47. The fourth-order valence-electron chi connectivity index (χ4n) is 4.76. The highest BCUT2D eigenvalue weighted by molar-refractivity contribution is 7.99. The van der Waals surface area contributed by atoms with Gasteiger partial charge in [0.05, 0.1) is 11.4 Å². The molecule has 2 aromatic carbocycles. The molecule has 0 saturated carbocycles. The normalized spacial score (nSPS) is 22.2. The van der Waals surface area contributed by atoms with Gasteiger partial charge in [0.25, 0.3) is 0 Å². The molecule has 2 aromatic rings. The number of rotatable bonds is 3. The molecule has 3 aliphatic rings. The summed E-state index contributed by atoms with van der Waals surface area (Å²) in [5, 5.41) is 4.22. The number of para-hydroxylation sites is 1. The molecule has 162 valence electrons. The molecule has 1 N–H and O–H groups in total. The van der Waals surface area contributed by atoms with Crippen molar-refractivity contribution >= 4 is 65.5 Å². The Morgan fingerprint density at radius 3 is 2.77 bits per heavy atom. The van der Waals surface area contributed by atoms with Crippen LogP contribution in [0.15, 0.2) is 52.3 Å². The largest absolute Gasteiger partial charge is 0.314 e. The zero-order chi connectivity index (χ0) is 19.1. The van der Waals surface area contributed by atoms with Gasteiger partial charge in [-0.05, 0) is 56.1 Å². The first-order chi connectivity index (χ1) is 13.7. The second-order valence-corrected chi connectivity index (χ2v) is 9.32. The number of carbonyl (C=O) groups is 1. The van der Waals surface area contributed by atoms with E-state index in [0.717, 1.165) is 40.7 Å². The Morgan fingerprint density at radius 2 is 1.90 bits per heavy atom. The van der Waals surface area contributed by atoms with E-state index in [2.05, 4.69) is 16.3 Å². The number of nitrogens with zero attached hydrogens (tertiary/aromatic N) is 2. The van der Waals surface area contributed by atoms with Crippen LogP contribution in [0.2, 0.25) is 5.02 Å². The number of benzene rings is 2. The van der Waals surface area contributed by atoms with Crippen LogP contribution in [0.5, 0.6) is 0 Å². The number of amides is 1. The molecule has 2 atom stereocenters. The lowest BCUT2D eigenvalue weighted by Crippen LogP contribution is -2.54. The first-order valence-corrected chi connectivity index (χ1v) is 11.3. The van der Waals surface area contributed by atoms with E-state index in [9.17, 15) is 4.79 Å². The molecule has 0 aromatic heterocycles. The molecule has 3 aliphatic heterocycles. The molecule has 3 heterocycles. The summed E-state index contributed by atoms with van der Waals surface area (Å²) in [6.07, 6.45) is 3.99. The third-order valence-corrected chi connectivity index (χ3v) is 7.45. The standard InChI is InChI=1S/C22H24ClN3OS.2ClH/c23-15-7-9-21-19(12-15)26(18-5-1-2-6-20(18)28-21)22(27)10-8-17-14-24-13-16-4-3-11-25(16)17;;/h1-2,5-7,9,12,16-17,24H,3-4,8,10-11,13-14H2;2*1H. The molecule has 0 aliphatic carbocycles. The van der Waals surface area contributed by atoms with Gasteiger partial charge in [-0.2, -0.15) is 0 Å². The first-order valence-electron chi connectivity index (χ1n) is 10.1. The molecule has 0 radical (unpaired) electrons. The maximum absolute atomic E-state index is 13.4. The minimum Gasteiger partial charge on any atom is -0.314 e. The predicted molar refractivity (Wildman–Crippen MR) is 129 cm³/mol. The highest BCUT2D eigenvalue weighted by Crippen LogP contribution is 2.49. The van der Waals surface area contributed by atoms with Crippen molar-refractivity contribution in [1.82, 2.24) is 10.2 Å². The van der Waals surface area contributed by atoms with Gasteiger partial charge in [0.2, 0.25) is 5.91 Å². The minimum atomic E-state index is 0. The number of hydrogen-bond donors (Lipinski definition) is 1. The number of hydrogen-bond acceptors (Lipinski definition) is 4. The summed E-state index contributed by atoms with van der Waals surface area (Å²) in [6, 6.07) is 15.1. The van der Waals surface area contributed by atoms with Crippen LogP contribution in [0.4, 0.5) is 11.4 Å². The van der Waals surface area contributed by atoms with Gasteiger partial charge >= 0.3 is 0 Å². The van der Waals surface area contributed by atoms with Gasteiger partial charge in [0.15, 0.2) is 0 Å². The van der Waals surface area contributed by atoms with E-state index in [1.807, 2.05) is 41.3 Å². The minimum absolute atomic E-state index is 0. The quantitative estimate of drug-likeness (QED) is 0.619. The molecule has 2 fully saturated rings. The van der Waals surface area contributed by atoms with Crippen molar-refractivity contribution in [3.63, 3.8) is 0 Å². The molecule has 8 heteroatoms. The zero-order valence-electron chi connectivity index (χ0n) is 16.6. The van der Waals surface area contributed by atoms with Crippen LogP contribution in [0.3, 0.4) is 0 Å². The van der Waals surface area contributed by atoms with Crippen LogP contribution in [0, 0.1) is 0 Å². The zero-order valence-corrected chi connectivity index (χ0v) is 19.8. The Morgan fingerprint density at radius 1 is 1.10 bits per heavy atom. The maximum Gasteiger partial charge on any atom is 0.231 e. The molecular weight excluding hydrogens is 461 g/mol. The number of nitrogens with one attached hydrogen (secondary N) is 1. The third-order valence-electron chi connectivity index (χ3n) is 6.08. The summed E-state index contributed by atoms with van der Waals surface area (Å²) in [5.74, 6) is 0.151. The fraction of sp³-hybridized carbons (Fsp3) is 0.409. The summed E-state index contributed by atoms with van der Waals surface area (Å²) in [6.45, 7) is 3.25. The maximum atomic E-state index is 13.4. The van der Waals surface area contributed by atoms with Crippen molar-refractivity contribution in [2.24, 2.45) is 0 Å². The average Bonchev–Trinajstić information content (AvgIpc) is 3.20. The molecule has 0 bridgehead atoms. The highest BCUT2D eigenvalue weighted by atomic mass is 35.5. The van der Waals surface area contributed by atoms with E-state index in [1.54, 1.807) is 11.8 Å². The van der Waals surface area contributed by atoms with E-state index in [1.165, 1.54) is 19.4 Å². The lowest BCUT2D eigenvalue weighted by molar-refractivity contribution is -0.118. The Bertz CT molecular complexity index is 913. The van der Waals surface area contributed by atoms with Crippen molar-refractivity contribution in [2.45, 2.75) is 47.6 Å². The van der Waals surface area contributed by atoms with Gasteiger partial charge in [-0.15, -0.1) is 24.8 Å². The predicted octanol–water partition coefficient (Wildman–Crippen LogP) is 5.53. The van der Waals surface area contributed by atoms with Crippen LogP contribution >= 0.6 is 48.2 Å². The lowest BCUT2D eigenvalue weighted by Gasteiger charge is -2.38. The van der Waals surface area contributed by atoms with Crippen molar-refractivity contribution in [2.75, 3.05) is 24.5 Å².